The number of ether oxygens (including phenoxy) is 2. The van der Waals surface area contributed by atoms with E-state index in [0.717, 1.165) is 12.1 Å². The van der Waals surface area contributed by atoms with Crippen LogP contribution in [0.1, 0.15) is 109 Å². The molecule has 4 heterocycles. The Hall–Kier alpha value is -4.15. The van der Waals surface area contributed by atoms with Gasteiger partial charge >= 0.3 is 12.1 Å². The molecule has 1 aromatic heterocycles. The van der Waals surface area contributed by atoms with Crippen molar-refractivity contribution in [3.63, 3.8) is 0 Å². The first-order valence-electron chi connectivity index (χ1n) is 19.8. The van der Waals surface area contributed by atoms with Crippen molar-refractivity contribution in [3.8, 4) is 5.75 Å². The number of rotatable bonds is 6. The number of nitrogens with zero attached hydrogens (tertiary/aromatic N) is 2. The smallest absolute Gasteiger partial charge is 0.427 e. The van der Waals surface area contributed by atoms with Crippen LogP contribution < -0.4 is 9.46 Å². The highest BCUT2D eigenvalue weighted by Crippen LogP contribution is 2.58. The van der Waals surface area contributed by atoms with E-state index in [-0.39, 0.29) is 49.9 Å². The van der Waals surface area contributed by atoms with Gasteiger partial charge in [0.1, 0.15) is 11.4 Å². The summed E-state index contributed by atoms with van der Waals surface area (Å²) in [6.45, 7) is 4.43. The second kappa shape index (κ2) is 14.5. The Morgan fingerprint density at radius 2 is 1.76 bits per heavy atom. The molecule has 1 N–H and O–H groups in total. The quantitative estimate of drug-likeness (QED) is 0.187. The fourth-order valence-electron chi connectivity index (χ4n) is 8.74. The van der Waals surface area contributed by atoms with E-state index < -0.39 is 103 Å². The molecule has 2 amide bonds. The maximum Gasteiger partial charge on any atom is 0.427 e. The molecule has 1 spiro atoms. The van der Waals surface area contributed by atoms with Crippen molar-refractivity contribution in [2.45, 2.75) is 139 Å². The lowest BCUT2D eigenvalue weighted by molar-refractivity contribution is -0.257. The van der Waals surface area contributed by atoms with Gasteiger partial charge in [0.2, 0.25) is 27.4 Å². The molecule has 2 saturated carbocycles. The number of fused-ring (bicyclic) bond motifs is 5. The Balaban J connectivity index is 1.24. The average Bonchev–Trinajstić information content (AvgIpc) is 4.02. The lowest BCUT2D eigenvalue weighted by Crippen LogP contribution is -2.48. The number of aryl methyl sites for hydroxylation is 2. The second-order valence-electron chi connectivity index (χ2n) is 17.7. The number of hydrogen-bond acceptors (Lipinski definition) is 9. The molecule has 0 bridgehead atoms. The molecule has 17 heteroatoms. The second-order valence-corrected chi connectivity index (χ2v) is 19.9. The highest BCUT2D eigenvalue weighted by atomic mass is 32.2. The molecule has 1 saturated heterocycles. The van der Waals surface area contributed by atoms with Crippen molar-refractivity contribution < 1.29 is 59.0 Å². The molecular weight excluding hydrogens is 790 g/mol. The zero-order chi connectivity index (χ0) is 42.2. The number of halogens is 5. The minimum atomic E-state index is -4.88. The van der Waals surface area contributed by atoms with Crippen LogP contribution in [0.2, 0.25) is 0 Å². The first kappa shape index (κ1) is 42.0. The molecule has 11 nitrogen and oxygen atoms in total. The van der Waals surface area contributed by atoms with E-state index in [1.165, 1.54) is 4.90 Å². The highest BCUT2D eigenvalue weighted by molar-refractivity contribution is 7.91. The van der Waals surface area contributed by atoms with Gasteiger partial charge in [-0.05, 0) is 91.0 Å². The van der Waals surface area contributed by atoms with Gasteiger partial charge in [-0.1, -0.05) is 25.0 Å². The molecule has 3 aliphatic heterocycles. The first-order chi connectivity index (χ1) is 27.0. The minimum absolute atomic E-state index is 0.0703. The number of esters is 1. The maximum absolute atomic E-state index is 14.7. The molecule has 0 unspecified atom stereocenters. The summed E-state index contributed by atoms with van der Waals surface area (Å²) in [7, 11) is -4.06. The zero-order valence-corrected chi connectivity index (χ0v) is 33.7. The van der Waals surface area contributed by atoms with Gasteiger partial charge in [0.05, 0.1) is 40.4 Å². The van der Waals surface area contributed by atoms with E-state index in [2.05, 4.69) is 9.71 Å². The molecule has 2 aromatic rings. The van der Waals surface area contributed by atoms with Crippen LogP contribution in [0.25, 0.3) is 10.9 Å². The Labute approximate surface area is 333 Å². The van der Waals surface area contributed by atoms with Crippen molar-refractivity contribution in [3.05, 3.63) is 47.2 Å². The number of benzene rings is 1. The number of hydrogen-bond donors (Lipinski definition) is 1. The third kappa shape index (κ3) is 7.71. The summed E-state index contributed by atoms with van der Waals surface area (Å²) in [5.41, 5.74) is -4.33. The number of pyridine rings is 1. The molecule has 58 heavy (non-hydrogen) atoms. The van der Waals surface area contributed by atoms with Gasteiger partial charge in [-0.2, -0.15) is 13.2 Å². The van der Waals surface area contributed by atoms with Crippen LogP contribution in [-0.4, -0.2) is 76.6 Å². The lowest BCUT2D eigenvalue weighted by atomic mass is 9.85. The summed E-state index contributed by atoms with van der Waals surface area (Å²) >= 11 is 0. The minimum Gasteiger partial charge on any atom is -0.483 e. The number of amides is 2. The summed E-state index contributed by atoms with van der Waals surface area (Å²) in [6, 6.07) is 0.814. The molecule has 5 aliphatic rings. The Morgan fingerprint density at radius 1 is 1.05 bits per heavy atom. The summed E-state index contributed by atoms with van der Waals surface area (Å²) < 4.78 is 109. The van der Waals surface area contributed by atoms with Gasteiger partial charge < -0.3 is 14.4 Å². The van der Waals surface area contributed by atoms with Crippen molar-refractivity contribution >= 4 is 44.5 Å². The number of carbonyl (C=O) groups is 4. The number of Topliss-reactive ketones (excluding diaryl/α,β-unsaturated/α-hetero) is 1. The van der Waals surface area contributed by atoms with Crippen molar-refractivity contribution in [1.82, 2.24) is 14.6 Å². The summed E-state index contributed by atoms with van der Waals surface area (Å²) in [6.07, 6.45) is 1.48. The molecule has 7 rings (SSSR count). The SMILES string of the molecule is Cc1nc2cc(F)c(F)cc2c2c1O[C@]1(CC2)C[C@H]2C(=O)C[C@]3(C(=O)NS(=O)(=O)C4(C)CC4)C[C@H]3/C=C\CCCCC[C@H](CC(=O)OC(C)(C)C(F)(F)F)C(=O)N2C1. The number of ketones is 1. The van der Waals surface area contributed by atoms with E-state index in [0.29, 0.717) is 69.0 Å². The lowest BCUT2D eigenvalue weighted by Gasteiger charge is -2.36. The van der Waals surface area contributed by atoms with Crippen molar-refractivity contribution in [2.24, 2.45) is 17.3 Å². The van der Waals surface area contributed by atoms with Gasteiger partial charge in [0, 0.05) is 35.8 Å². The third-order valence-electron chi connectivity index (χ3n) is 13.0. The normalized spacial score (nSPS) is 29.3. The van der Waals surface area contributed by atoms with Crippen LogP contribution in [0, 0.1) is 35.8 Å². The van der Waals surface area contributed by atoms with Crippen LogP contribution in [0.15, 0.2) is 24.3 Å². The number of alkyl halides is 3. The summed E-state index contributed by atoms with van der Waals surface area (Å²) in [5, 5.41) is 0.338. The van der Waals surface area contributed by atoms with Gasteiger partial charge in [-0.3, -0.25) is 23.9 Å². The molecule has 316 valence electrons. The van der Waals surface area contributed by atoms with E-state index in [4.69, 9.17) is 9.47 Å². The fourth-order valence-corrected chi connectivity index (χ4v) is 10.1. The molecule has 3 fully saturated rings. The molecule has 2 aliphatic carbocycles. The van der Waals surface area contributed by atoms with Gasteiger partial charge in [-0.15, -0.1) is 0 Å². The largest absolute Gasteiger partial charge is 0.483 e. The molecular formula is C41H48F5N3O8S. The van der Waals surface area contributed by atoms with Gasteiger partial charge in [0.25, 0.3) is 0 Å². The standard InChI is InChI=1S/C41H48F5N3O8S/c1-23-34-26(27-17-28(42)29(43)18-30(27)47-23)12-13-39(57-34)20-31-32(50)21-40(36(53)48-58(54,55)38(4)14-15-38)19-25(40)11-9-7-5-6-8-10-24(35(52)49(31)22-39)16-33(51)56-37(2,3)41(44,45)46/h9,11,17-18,24-25,31H,5-8,10,12-16,19-22H2,1-4H3,(H,48,53)/b11-9-/t24-,25-,31+,39-,40-/m1/s1. The average molecular weight is 838 g/mol. The maximum atomic E-state index is 14.7. The number of nitrogens with one attached hydrogen (secondary N) is 1. The Morgan fingerprint density at radius 3 is 2.45 bits per heavy atom. The van der Waals surface area contributed by atoms with Crippen molar-refractivity contribution in [2.75, 3.05) is 6.54 Å². The molecule has 0 radical (unpaired) electrons. The van der Waals surface area contributed by atoms with Gasteiger partial charge in [0.15, 0.2) is 17.4 Å². The van der Waals surface area contributed by atoms with Crippen LogP contribution >= 0.6 is 0 Å². The molecule has 5 atom stereocenters. The summed E-state index contributed by atoms with van der Waals surface area (Å²) in [5.74, 6) is -6.72. The van der Waals surface area contributed by atoms with E-state index in [1.807, 2.05) is 12.2 Å². The summed E-state index contributed by atoms with van der Waals surface area (Å²) in [4.78, 5) is 62.3. The fraction of sp³-hybridized carbons (Fsp3) is 0.634. The number of carbonyl (C=O) groups excluding carboxylic acids is 4. The molecule has 1 aromatic carbocycles. The highest BCUT2D eigenvalue weighted by Gasteiger charge is 2.63. The van der Waals surface area contributed by atoms with Crippen LogP contribution in [0.3, 0.4) is 0 Å². The van der Waals surface area contributed by atoms with Crippen LogP contribution in [0.5, 0.6) is 5.75 Å². The number of aromatic nitrogens is 1. The Bertz CT molecular complexity index is 2210. The van der Waals surface area contributed by atoms with E-state index in [1.54, 1.807) is 13.8 Å². The van der Waals surface area contributed by atoms with Crippen molar-refractivity contribution in [1.29, 1.82) is 0 Å². The Kier molecular flexibility index (Phi) is 10.5. The van der Waals surface area contributed by atoms with E-state index in [9.17, 15) is 49.5 Å². The van der Waals surface area contributed by atoms with Crippen LogP contribution in [-0.2, 0) is 40.4 Å². The first-order valence-corrected chi connectivity index (χ1v) is 21.3. The third-order valence-corrected chi connectivity index (χ3v) is 15.1. The van der Waals surface area contributed by atoms with Crippen LogP contribution in [0.4, 0.5) is 22.0 Å². The predicted octanol–water partition coefficient (Wildman–Crippen LogP) is 6.86. The zero-order valence-electron chi connectivity index (χ0n) is 32.9. The number of allylic oxidation sites excluding steroid dienone is 2. The number of sulfonamides is 1. The monoisotopic (exact) mass is 837 g/mol. The topological polar surface area (TPSA) is 149 Å². The predicted molar refractivity (Wildman–Crippen MR) is 200 cm³/mol. The van der Waals surface area contributed by atoms with E-state index >= 15 is 0 Å². The van der Waals surface area contributed by atoms with Gasteiger partial charge in [-0.25, -0.2) is 22.2 Å².